The van der Waals surface area contributed by atoms with E-state index in [1.807, 2.05) is 43.4 Å². The fourth-order valence-electron chi connectivity index (χ4n) is 2.61. The monoisotopic (exact) mass is 446 g/mol. The highest BCUT2D eigenvalue weighted by molar-refractivity contribution is 9.10. The summed E-state index contributed by atoms with van der Waals surface area (Å²) in [5.41, 5.74) is 2.31. The summed E-state index contributed by atoms with van der Waals surface area (Å²) in [6.07, 6.45) is 1.25. The van der Waals surface area contributed by atoms with Crippen LogP contribution in [0.5, 0.6) is 0 Å². The Kier molecular flexibility index (Phi) is 8.15. The van der Waals surface area contributed by atoms with Crippen molar-refractivity contribution in [2.24, 2.45) is 0 Å². The van der Waals surface area contributed by atoms with Crippen LogP contribution in [0.4, 0.5) is 0 Å². The van der Waals surface area contributed by atoms with E-state index in [0.717, 1.165) is 15.1 Å². The van der Waals surface area contributed by atoms with E-state index in [-0.39, 0.29) is 0 Å². The molecule has 0 unspecified atom stereocenters. The fraction of sp³-hybridized carbons (Fsp3) is 0.217. The van der Waals surface area contributed by atoms with Crippen LogP contribution >= 0.6 is 38.9 Å². The average Bonchev–Trinajstić information content (AvgIpc) is 3.04. The number of benzene rings is 3. The molecule has 0 amide bonds. The van der Waals surface area contributed by atoms with Crippen molar-refractivity contribution in [1.29, 1.82) is 0 Å². The summed E-state index contributed by atoms with van der Waals surface area (Å²) in [6.45, 7) is 8.25. The van der Waals surface area contributed by atoms with Crippen LogP contribution in [0.15, 0.2) is 65.1 Å². The topological polar surface area (TPSA) is 0 Å². The van der Waals surface area contributed by atoms with Gasteiger partial charge in [0.2, 0.25) is 0 Å². The van der Waals surface area contributed by atoms with Crippen LogP contribution in [-0.2, 0) is 0 Å². The first-order valence-corrected chi connectivity index (χ1v) is 11.0. The number of hydrogen-bond donors (Lipinski definition) is 0. The van der Waals surface area contributed by atoms with Gasteiger partial charge in [0, 0.05) is 29.7 Å². The van der Waals surface area contributed by atoms with Crippen molar-refractivity contribution in [1.82, 2.24) is 0 Å². The molecule has 4 rings (SSSR count). The standard InChI is InChI=1S/C18H10BrClS.C3H8.C2H6/c19-16-7-6-12(20)10-14(16)11-5-8-18-15(9-11)13-3-1-2-4-17(13)21-18;1-3-2;1-2/h1-10H;3H2,1-2H3;1-2H3. The summed E-state index contributed by atoms with van der Waals surface area (Å²) < 4.78 is 3.71. The van der Waals surface area contributed by atoms with Crippen molar-refractivity contribution >= 4 is 59.0 Å². The molecular weight excluding hydrogens is 424 g/mol. The Morgan fingerprint density at radius 3 is 2.23 bits per heavy atom. The molecule has 0 N–H and O–H groups in total. The third kappa shape index (κ3) is 4.68. The minimum absolute atomic E-state index is 0.753. The summed E-state index contributed by atoms with van der Waals surface area (Å²) in [4.78, 5) is 0. The first-order valence-electron chi connectivity index (χ1n) is 9.00. The van der Waals surface area contributed by atoms with E-state index < -0.39 is 0 Å². The Labute approximate surface area is 173 Å². The maximum atomic E-state index is 6.14. The Balaban J connectivity index is 0.000000444. The molecule has 0 aliphatic rings. The Bertz CT molecular complexity index is 988. The lowest BCUT2D eigenvalue weighted by Crippen LogP contribution is -1.80. The van der Waals surface area contributed by atoms with Crippen molar-refractivity contribution in [2.45, 2.75) is 34.1 Å². The van der Waals surface area contributed by atoms with Gasteiger partial charge in [0.1, 0.15) is 0 Å². The summed E-state index contributed by atoms with van der Waals surface area (Å²) in [5, 5.41) is 3.38. The summed E-state index contributed by atoms with van der Waals surface area (Å²) in [6, 6.07) is 21.0. The SMILES string of the molecule is CC.CCC.Clc1ccc(Br)c(-c2ccc3sc4ccccc4c3c2)c1. The van der Waals surface area contributed by atoms with Crippen molar-refractivity contribution in [2.75, 3.05) is 0 Å². The van der Waals surface area contributed by atoms with Gasteiger partial charge in [-0.2, -0.15) is 0 Å². The van der Waals surface area contributed by atoms with Gasteiger partial charge in [-0.15, -0.1) is 11.3 Å². The minimum Gasteiger partial charge on any atom is -0.135 e. The van der Waals surface area contributed by atoms with Crippen LogP contribution < -0.4 is 0 Å². The molecule has 0 aliphatic heterocycles. The van der Waals surface area contributed by atoms with Gasteiger partial charge < -0.3 is 0 Å². The van der Waals surface area contributed by atoms with Gasteiger partial charge in [-0.25, -0.2) is 0 Å². The van der Waals surface area contributed by atoms with Gasteiger partial charge >= 0.3 is 0 Å². The normalized spacial score (nSPS) is 10.1. The van der Waals surface area contributed by atoms with Crippen LogP contribution in [0, 0.1) is 0 Å². The average molecular weight is 448 g/mol. The number of fused-ring (bicyclic) bond motifs is 3. The van der Waals surface area contributed by atoms with E-state index in [9.17, 15) is 0 Å². The van der Waals surface area contributed by atoms with E-state index in [1.54, 1.807) is 0 Å². The molecule has 1 aromatic heterocycles. The van der Waals surface area contributed by atoms with E-state index in [4.69, 9.17) is 11.6 Å². The number of thiophene rings is 1. The quantitative estimate of drug-likeness (QED) is 0.272. The van der Waals surface area contributed by atoms with Crippen molar-refractivity contribution in [3.8, 4) is 11.1 Å². The van der Waals surface area contributed by atoms with E-state index in [0.29, 0.717) is 0 Å². The molecule has 0 fully saturated rings. The maximum absolute atomic E-state index is 6.14. The molecule has 0 aliphatic carbocycles. The van der Waals surface area contributed by atoms with E-state index in [2.05, 4.69) is 72.2 Å². The second-order valence-corrected chi connectivity index (χ2v) is 8.01. The molecule has 3 aromatic carbocycles. The summed E-state index contributed by atoms with van der Waals surface area (Å²) in [7, 11) is 0. The molecule has 0 atom stereocenters. The Hall–Kier alpha value is -1.35. The highest BCUT2D eigenvalue weighted by atomic mass is 79.9. The van der Waals surface area contributed by atoms with Crippen LogP contribution in [0.25, 0.3) is 31.3 Å². The highest BCUT2D eigenvalue weighted by Crippen LogP contribution is 2.38. The molecule has 0 bridgehead atoms. The van der Waals surface area contributed by atoms with Gasteiger partial charge in [-0.05, 0) is 47.5 Å². The molecule has 0 saturated heterocycles. The molecule has 0 nitrogen and oxygen atoms in total. The summed E-state index contributed by atoms with van der Waals surface area (Å²) >= 11 is 11.6. The van der Waals surface area contributed by atoms with Crippen LogP contribution in [-0.4, -0.2) is 0 Å². The summed E-state index contributed by atoms with van der Waals surface area (Å²) in [5.74, 6) is 0. The minimum atomic E-state index is 0.753. The van der Waals surface area contributed by atoms with Gasteiger partial charge in [0.25, 0.3) is 0 Å². The molecule has 0 radical (unpaired) electrons. The highest BCUT2D eigenvalue weighted by Gasteiger charge is 2.08. The van der Waals surface area contributed by atoms with E-state index >= 15 is 0 Å². The molecule has 0 spiro atoms. The third-order valence-corrected chi connectivity index (χ3v) is 5.69. The van der Waals surface area contributed by atoms with Gasteiger partial charge in [0.15, 0.2) is 0 Å². The molecule has 4 aromatic rings. The molecule has 26 heavy (non-hydrogen) atoms. The van der Waals surface area contributed by atoms with Gasteiger partial charge in [-0.1, -0.05) is 85.9 Å². The Morgan fingerprint density at radius 1 is 0.846 bits per heavy atom. The maximum Gasteiger partial charge on any atom is 0.0412 e. The molecule has 0 saturated carbocycles. The largest absolute Gasteiger partial charge is 0.135 e. The smallest absolute Gasteiger partial charge is 0.0412 e. The number of rotatable bonds is 1. The third-order valence-electron chi connectivity index (χ3n) is 3.62. The lowest BCUT2D eigenvalue weighted by molar-refractivity contribution is 1.09. The Morgan fingerprint density at radius 2 is 1.50 bits per heavy atom. The van der Waals surface area contributed by atoms with Crippen molar-refractivity contribution in [3.63, 3.8) is 0 Å². The van der Waals surface area contributed by atoms with Crippen LogP contribution in [0.3, 0.4) is 0 Å². The second-order valence-electron chi connectivity index (χ2n) is 5.64. The fourth-order valence-corrected chi connectivity index (χ4v) is 4.35. The number of halogens is 2. The number of hydrogen-bond acceptors (Lipinski definition) is 1. The molecule has 1 heterocycles. The molecular formula is C23H24BrClS. The lowest BCUT2D eigenvalue weighted by Gasteiger charge is -2.06. The zero-order chi connectivity index (χ0) is 19.1. The first-order chi connectivity index (χ1) is 12.6. The van der Waals surface area contributed by atoms with Gasteiger partial charge in [-0.3, -0.25) is 0 Å². The molecule has 3 heteroatoms. The lowest BCUT2D eigenvalue weighted by atomic mass is 10.0. The van der Waals surface area contributed by atoms with Gasteiger partial charge in [0.05, 0.1) is 0 Å². The van der Waals surface area contributed by atoms with Crippen molar-refractivity contribution in [3.05, 3.63) is 70.2 Å². The van der Waals surface area contributed by atoms with Crippen molar-refractivity contribution < 1.29 is 0 Å². The molecule has 136 valence electrons. The zero-order valence-corrected chi connectivity index (χ0v) is 18.8. The predicted molar refractivity (Wildman–Crippen MR) is 125 cm³/mol. The predicted octanol–water partition coefficient (Wildman–Crippen LogP) is 9.58. The van der Waals surface area contributed by atoms with E-state index in [1.165, 1.54) is 32.2 Å². The zero-order valence-electron chi connectivity index (χ0n) is 15.6. The van der Waals surface area contributed by atoms with Crippen LogP contribution in [0.2, 0.25) is 5.02 Å². The second kappa shape index (κ2) is 10.1. The first kappa shape index (κ1) is 21.0. The van der Waals surface area contributed by atoms with Crippen LogP contribution in [0.1, 0.15) is 34.1 Å².